The van der Waals surface area contributed by atoms with Crippen molar-refractivity contribution in [1.29, 1.82) is 0 Å². The average molecular weight is 518 g/mol. The van der Waals surface area contributed by atoms with E-state index < -0.39 is 4.92 Å². The number of rotatable bonds is 9. The Balaban J connectivity index is 1.47. The number of nitrogens with one attached hydrogen (secondary N) is 1. The quantitative estimate of drug-likeness (QED) is 0.198. The van der Waals surface area contributed by atoms with Crippen molar-refractivity contribution in [3.63, 3.8) is 0 Å². The Hall–Kier alpha value is -2.99. The Labute approximate surface area is 210 Å². The molecule has 4 rings (SSSR count). The van der Waals surface area contributed by atoms with Gasteiger partial charge in [-0.3, -0.25) is 29.2 Å². The molecule has 0 unspecified atom stereocenters. The first-order chi connectivity index (χ1) is 16.9. The summed E-state index contributed by atoms with van der Waals surface area (Å²) in [5.41, 5.74) is 0.399. The van der Waals surface area contributed by atoms with E-state index in [0.717, 1.165) is 37.8 Å². The van der Waals surface area contributed by atoms with E-state index in [1.54, 1.807) is 22.8 Å². The lowest BCUT2D eigenvalue weighted by Gasteiger charge is -2.26. The number of anilines is 1. The molecule has 3 aromatic rings. The number of halogens is 1. The number of nitro benzene ring substituents is 1. The molecule has 1 fully saturated rings. The molecule has 1 aliphatic heterocycles. The molecule has 1 aromatic heterocycles. The number of amides is 1. The smallest absolute Gasteiger partial charge is 0.289 e. The predicted octanol–water partition coefficient (Wildman–Crippen LogP) is 3.41. The number of nitro groups is 1. The molecule has 1 aliphatic rings. The Bertz CT molecular complexity index is 1300. The largest absolute Gasteiger partial charge is 0.379 e. The Kier molecular flexibility index (Phi) is 8.34. The fourth-order valence-corrected chi connectivity index (χ4v) is 4.80. The van der Waals surface area contributed by atoms with Crippen molar-refractivity contribution in [2.75, 3.05) is 43.9 Å². The van der Waals surface area contributed by atoms with Crippen LogP contribution in [0.15, 0.2) is 52.4 Å². The van der Waals surface area contributed by atoms with Crippen LogP contribution in [0.5, 0.6) is 0 Å². The van der Waals surface area contributed by atoms with Crippen LogP contribution >= 0.6 is 23.4 Å². The minimum Gasteiger partial charge on any atom is -0.379 e. The zero-order valence-corrected chi connectivity index (χ0v) is 20.4. The highest BCUT2D eigenvalue weighted by molar-refractivity contribution is 7.99. The van der Waals surface area contributed by atoms with Gasteiger partial charge in [0.25, 0.3) is 11.2 Å². The molecule has 35 heavy (non-hydrogen) atoms. The number of carbonyl (C=O) groups excluding carboxylic acids is 1. The van der Waals surface area contributed by atoms with Crippen LogP contribution in [0.2, 0.25) is 5.02 Å². The molecule has 1 N–H and O–H groups in total. The number of para-hydroxylation sites is 1. The normalized spacial score (nSPS) is 14.2. The first-order valence-corrected chi connectivity index (χ1v) is 12.4. The fourth-order valence-electron chi connectivity index (χ4n) is 3.79. The van der Waals surface area contributed by atoms with Gasteiger partial charge in [-0.15, -0.1) is 0 Å². The summed E-state index contributed by atoms with van der Waals surface area (Å²) >= 11 is 6.98. The molecular weight excluding hydrogens is 494 g/mol. The summed E-state index contributed by atoms with van der Waals surface area (Å²) < 4.78 is 7.00. The maximum absolute atomic E-state index is 13.2. The molecule has 0 aliphatic carbocycles. The van der Waals surface area contributed by atoms with Crippen LogP contribution in [-0.4, -0.2) is 63.9 Å². The number of thioether (sulfide) groups is 1. The molecule has 0 radical (unpaired) electrons. The highest BCUT2D eigenvalue weighted by atomic mass is 35.5. The number of ether oxygens (including phenoxy) is 1. The van der Waals surface area contributed by atoms with Gasteiger partial charge in [-0.25, -0.2) is 4.98 Å². The molecule has 0 spiro atoms. The summed E-state index contributed by atoms with van der Waals surface area (Å²) in [5, 5.41) is 14.7. The van der Waals surface area contributed by atoms with Gasteiger partial charge in [0, 0.05) is 37.9 Å². The van der Waals surface area contributed by atoms with Crippen molar-refractivity contribution in [1.82, 2.24) is 14.5 Å². The lowest BCUT2D eigenvalue weighted by Crippen LogP contribution is -2.37. The van der Waals surface area contributed by atoms with E-state index >= 15 is 0 Å². The lowest BCUT2D eigenvalue weighted by molar-refractivity contribution is -0.384. The van der Waals surface area contributed by atoms with Crippen molar-refractivity contribution in [3.05, 3.63) is 68.0 Å². The minimum absolute atomic E-state index is 0.0103. The number of hydrogen-bond donors (Lipinski definition) is 1. The van der Waals surface area contributed by atoms with Gasteiger partial charge < -0.3 is 10.1 Å². The second-order valence-corrected chi connectivity index (χ2v) is 9.29. The third-order valence-electron chi connectivity index (χ3n) is 5.55. The highest BCUT2D eigenvalue weighted by Gasteiger charge is 2.17. The summed E-state index contributed by atoms with van der Waals surface area (Å²) in [4.78, 5) is 43.2. The second-order valence-electron chi connectivity index (χ2n) is 7.94. The molecule has 10 nitrogen and oxygen atoms in total. The van der Waals surface area contributed by atoms with Crippen molar-refractivity contribution in [2.45, 2.75) is 18.1 Å². The molecular formula is C23H24ClN5O5S. The summed E-state index contributed by atoms with van der Waals surface area (Å²) in [6.45, 7) is 4.48. The van der Waals surface area contributed by atoms with E-state index in [1.165, 1.54) is 18.2 Å². The van der Waals surface area contributed by atoms with Gasteiger partial charge >= 0.3 is 0 Å². The molecule has 0 saturated carbocycles. The minimum atomic E-state index is -0.610. The van der Waals surface area contributed by atoms with E-state index in [0.29, 0.717) is 35.8 Å². The van der Waals surface area contributed by atoms with Crippen LogP contribution in [0, 0.1) is 10.1 Å². The SMILES string of the molecule is O=C(CSc1nc2ccccc2c(=O)n1CCCN1CCOCC1)Nc1ccc(Cl)c([N+](=O)[O-])c1. The van der Waals surface area contributed by atoms with Crippen LogP contribution in [-0.2, 0) is 16.1 Å². The van der Waals surface area contributed by atoms with Gasteiger partial charge in [0.05, 0.1) is 34.8 Å². The molecule has 12 heteroatoms. The molecule has 2 aromatic carbocycles. The van der Waals surface area contributed by atoms with Gasteiger partial charge in [-0.05, 0) is 30.7 Å². The Morgan fingerprint density at radius 1 is 1.20 bits per heavy atom. The van der Waals surface area contributed by atoms with Crippen LogP contribution in [0.1, 0.15) is 6.42 Å². The Morgan fingerprint density at radius 3 is 2.74 bits per heavy atom. The van der Waals surface area contributed by atoms with Crippen LogP contribution < -0.4 is 10.9 Å². The number of morpholine rings is 1. The maximum Gasteiger partial charge on any atom is 0.289 e. The van der Waals surface area contributed by atoms with Gasteiger partial charge in [-0.1, -0.05) is 35.5 Å². The number of aromatic nitrogens is 2. The number of hydrogen-bond acceptors (Lipinski definition) is 8. The summed E-state index contributed by atoms with van der Waals surface area (Å²) in [5.74, 6) is -0.404. The zero-order chi connectivity index (χ0) is 24.8. The summed E-state index contributed by atoms with van der Waals surface area (Å²) in [7, 11) is 0. The topological polar surface area (TPSA) is 120 Å². The summed E-state index contributed by atoms with van der Waals surface area (Å²) in [6.07, 6.45) is 0.758. The highest BCUT2D eigenvalue weighted by Crippen LogP contribution is 2.27. The lowest BCUT2D eigenvalue weighted by atomic mass is 10.2. The van der Waals surface area contributed by atoms with Gasteiger partial charge in [0.15, 0.2) is 5.16 Å². The van der Waals surface area contributed by atoms with Crippen molar-refractivity contribution >= 4 is 51.5 Å². The molecule has 2 heterocycles. The second kappa shape index (κ2) is 11.6. The average Bonchev–Trinajstić information content (AvgIpc) is 2.86. The monoisotopic (exact) mass is 517 g/mol. The van der Waals surface area contributed by atoms with Crippen molar-refractivity contribution in [2.24, 2.45) is 0 Å². The van der Waals surface area contributed by atoms with E-state index in [9.17, 15) is 19.7 Å². The van der Waals surface area contributed by atoms with E-state index in [2.05, 4.69) is 15.2 Å². The molecule has 0 atom stereocenters. The number of nitrogens with zero attached hydrogens (tertiary/aromatic N) is 4. The van der Waals surface area contributed by atoms with Gasteiger partial charge in [-0.2, -0.15) is 0 Å². The maximum atomic E-state index is 13.2. The van der Waals surface area contributed by atoms with Gasteiger partial charge in [0.2, 0.25) is 5.91 Å². The number of carbonyl (C=O) groups is 1. The summed E-state index contributed by atoms with van der Waals surface area (Å²) in [6, 6.07) is 11.2. The van der Waals surface area contributed by atoms with Crippen LogP contribution in [0.3, 0.4) is 0 Å². The Morgan fingerprint density at radius 2 is 1.97 bits per heavy atom. The van der Waals surface area contributed by atoms with E-state index in [4.69, 9.17) is 16.3 Å². The van der Waals surface area contributed by atoms with Crippen LogP contribution in [0.25, 0.3) is 10.9 Å². The standard InChI is InChI=1S/C23H24ClN5O5S/c24-18-7-6-16(14-20(18)29(32)33)25-21(30)15-35-23-26-19-5-2-1-4-17(19)22(31)28(23)9-3-8-27-10-12-34-13-11-27/h1-2,4-7,14H,3,8-13,15H2,(H,25,30). The fraction of sp³-hybridized carbons (Fsp3) is 0.348. The molecule has 184 valence electrons. The molecule has 0 bridgehead atoms. The third kappa shape index (κ3) is 6.37. The predicted molar refractivity (Wildman–Crippen MR) is 135 cm³/mol. The van der Waals surface area contributed by atoms with Gasteiger partial charge in [0.1, 0.15) is 5.02 Å². The van der Waals surface area contributed by atoms with Crippen molar-refractivity contribution < 1.29 is 14.5 Å². The zero-order valence-electron chi connectivity index (χ0n) is 18.8. The van der Waals surface area contributed by atoms with Crippen molar-refractivity contribution in [3.8, 4) is 0 Å². The first-order valence-electron chi connectivity index (χ1n) is 11.1. The molecule has 1 amide bonds. The van der Waals surface area contributed by atoms with Crippen LogP contribution in [0.4, 0.5) is 11.4 Å². The molecule has 1 saturated heterocycles. The number of benzene rings is 2. The third-order valence-corrected chi connectivity index (χ3v) is 6.84. The first kappa shape index (κ1) is 25.1. The van der Waals surface area contributed by atoms with E-state index in [-0.39, 0.29) is 33.6 Å². The van der Waals surface area contributed by atoms with E-state index in [1.807, 2.05) is 6.07 Å². The number of fused-ring (bicyclic) bond motifs is 1.